The van der Waals surface area contributed by atoms with E-state index in [9.17, 15) is 0 Å². The highest BCUT2D eigenvalue weighted by Gasteiger charge is 2.23. The molecule has 2 aliphatic rings. The molecule has 0 atom stereocenters. The lowest BCUT2D eigenvalue weighted by Crippen LogP contribution is -2.16. The summed E-state index contributed by atoms with van der Waals surface area (Å²) in [7, 11) is 0. The maximum absolute atomic E-state index is 4.59. The average Bonchev–Trinajstić information content (AvgIpc) is 2.70. The van der Waals surface area contributed by atoms with Crippen LogP contribution in [0.15, 0.2) is 35.3 Å². The number of hydrogen-bond donors (Lipinski definition) is 0. The largest absolute Gasteiger partial charge is 0.337 e. The zero-order valence-electron chi connectivity index (χ0n) is 11.3. The lowest BCUT2D eigenvalue weighted by atomic mass is 10.0. The summed E-state index contributed by atoms with van der Waals surface area (Å²) in [5.41, 5.74) is 8.43. The number of aromatic nitrogens is 1. The Morgan fingerprint density at radius 2 is 1.95 bits per heavy atom. The van der Waals surface area contributed by atoms with Crippen molar-refractivity contribution in [2.75, 3.05) is 6.54 Å². The van der Waals surface area contributed by atoms with Gasteiger partial charge in [0.1, 0.15) is 0 Å². The zero-order chi connectivity index (χ0) is 12.8. The van der Waals surface area contributed by atoms with E-state index in [0.717, 1.165) is 13.1 Å². The van der Waals surface area contributed by atoms with Gasteiger partial charge in [-0.3, -0.25) is 4.99 Å². The second-order valence-corrected chi connectivity index (χ2v) is 5.53. The Balaban J connectivity index is 2.02. The number of benzene rings is 1. The molecule has 2 aromatic rings. The van der Waals surface area contributed by atoms with E-state index in [1.165, 1.54) is 53.1 Å². The van der Waals surface area contributed by atoms with Crippen LogP contribution >= 0.6 is 0 Å². The molecular formula is C17H18N2. The Labute approximate surface area is 113 Å². The fraction of sp³-hybridized carbons (Fsp3) is 0.353. The first-order valence-electron chi connectivity index (χ1n) is 7.17. The highest BCUT2D eigenvalue weighted by molar-refractivity contribution is 5.99. The van der Waals surface area contributed by atoms with Gasteiger partial charge in [0.2, 0.25) is 0 Å². The Kier molecular flexibility index (Phi) is 2.37. The van der Waals surface area contributed by atoms with Gasteiger partial charge < -0.3 is 4.57 Å². The quantitative estimate of drug-likeness (QED) is 0.681. The summed E-state index contributed by atoms with van der Waals surface area (Å²) < 4.78 is 2.49. The van der Waals surface area contributed by atoms with Crippen LogP contribution in [0, 0.1) is 0 Å². The van der Waals surface area contributed by atoms with Gasteiger partial charge in [0.25, 0.3) is 0 Å². The van der Waals surface area contributed by atoms with E-state index in [1.807, 2.05) is 0 Å². The van der Waals surface area contributed by atoms with E-state index in [-0.39, 0.29) is 0 Å². The van der Waals surface area contributed by atoms with Gasteiger partial charge in [0, 0.05) is 12.1 Å². The van der Waals surface area contributed by atoms with Gasteiger partial charge in [-0.05, 0) is 43.4 Å². The van der Waals surface area contributed by atoms with Crippen molar-refractivity contribution >= 4 is 5.71 Å². The van der Waals surface area contributed by atoms with E-state index in [0.29, 0.717) is 0 Å². The van der Waals surface area contributed by atoms with E-state index in [4.69, 9.17) is 0 Å². The van der Waals surface area contributed by atoms with Gasteiger partial charge in [0.15, 0.2) is 0 Å². The molecule has 0 saturated heterocycles. The molecule has 1 aromatic heterocycles. The molecular weight excluding hydrogens is 232 g/mol. The first-order valence-corrected chi connectivity index (χ1v) is 7.17. The molecule has 2 nitrogen and oxygen atoms in total. The van der Waals surface area contributed by atoms with E-state index in [1.54, 1.807) is 0 Å². The Bertz CT molecular complexity index is 677. The molecule has 2 heterocycles. The average molecular weight is 250 g/mol. The predicted molar refractivity (Wildman–Crippen MR) is 79.0 cm³/mol. The van der Waals surface area contributed by atoms with Crippen molar-refractivity contribution in [2.45, 2.75) is 32.7 Å². The normalized spacial score (nSPS) is 17.0. The molecule has 0 radical (unpaired) electrons. The summed E-state index contributed by atoms with van der Waals surface area (Å²) in [5, 5.41) is 0. The standard InChI is InChI=1S/C17H18N2/c1-12-16-11-14-7-4-6-13-5-2-3-8-15(13)17(14)19(16)10-9-18-12/h2-3,5,8,11H,4,6-7,9-10H2,1H3. The minimum atomic E-state index is 0.919. The highest BCUT2D eigenvalue weighted by atomic mass is 15.1. The highest BCUT2D eigenvalue weighted by Crippen LogP contribution is 2.35. The topological polar surface area (TPSA) is 17.3 Å². The molecule has 0 N–H and O–H groups in total. The van der Waals surface area contributed by atoms with Crippen molar-refractivity contribution in [3.05, 3.63) is 47.2 Å². The molecule has 0 amide bonds. The Morgan fingerprint density at radius 3 is 2.89 bits per heavy atom. The molecule has 0 bridgehead atoms. The Morgan fingerprint density at radius 1 is 1.11 bits per heavy atom. The monoisotopic (exact) mass is 250 g/mol. The number of aryl methyl sites for hydroxylation is 2. The zero-order valence-corrected chi connectivity index (χ0v) is 11.3. The first-order chi connectivity index (χ1) is 9.34. The fourth-order valence-electron chi connectivity index (χ4n) is 3.48. The van der Waals surface area contributed by atoms with Crippen LogP contribution in [0.2, 0.25) is 0 Å². The number of fused-ring (bicyclic) bond motifs is 5. The number of rotatable bonds is 0. The van der Waals surface area contributed by atoms with Crippen molar-refractivity contribution < 1.29 is 0 Å². The molecule has 0 fully saturated rings. The molecule has 1 aliphatic carbocycles. The fourth-order valence-corrected chi connectivity index (χ4v) is 3.48. The van der Waals surface area contributed by atoms with Gasteiger partial charge in [-0.1, -0.05) is 24.3 Å². The lowest BCUT2D eigenvalue weighted by molar-refractivity contribution is 0.694. The van der Waals surface area contributed by atoms with E-state index in [2.05, 4.69) is 46.8 Å². The molecule has 0 unspecified atom stereocenters. The molecule has 0 saturated carbocycles. The van der Waals surface area contributed by atoms with Crippen LogP contribution in [0.3, 0.4) is 0 Å². The minimum Gasteiger partial charge on any atom is -0.337 e. The van der Waals surface area contributed by atoms with Gasteiger partial charge in [-0.25, -0.2) is 0 Å². The SMILES string of the molecule is CC1=NCCn2c1cc1c2-c2ccccc2CCC1. The van der Waals surface area contributed by atoms with Crippen LogP contribution in [0.25, 0.3) is 11.3 Å². The van der Waals surface area contributed by atoms with Crippen molar-refractivity contribution in [3.63, 3.8) is 0 Å². The predicted octanol–water partition coefficient (Wildman–Crippen LogP) is 3.47. The van der Waals surface area contributed by atoms with Gasteiger partial charge in [-0.15, -0.1) is 0 Å². The third-order valence-electron chi connectivity index (χ3n) is 4.38. The number of hydrogen-bond acceptors (Lipinski definition) is 1. The van der Waals surface area contributed by atoms with Crippen LogP contribution in [-0.2, 0) is 19.4 Å². The summed E-state index contributed by atoms with van der Waals surface area (Å²) in [5.74, 6) is 0. The second-order valence-electron chi connectivity index (χ2n) is 5.53. The van der Waals surface area contributed by atoms with Crippen LogP contribution in [-0.4, -0.2) is 16.8 Å². The second kappa shape index (κ2) is 4.09. The van der Waals surface area contributed by atoms with Crippen LogP contribution in [0.4, 0.5) is 0 Å². The van der Waals surface area contributed by atoms with Gasteiger partial charge >= 0.3 is 0 Å². The summed E-state index contributed by atoms with van der Waals surface area (Å²) >= 11 is 0. The molecule has 19 heavy (non-hydrogen) atoms. The minimum absolute atomic E-state index is 0.919. The molecule has 4 rings (SSSR count). The molecule has 2 heteroatoms. The van der Waals surface area contributed by atoms with Crippen molar-refractivity contribution in [1.82, 2.24) is 4.57 Å². The van der Waals surface area contributed by atoms with Gasteiger partial charge in [0.05, 0.1) is 23.6 Å². The summed E-state index contributed by atoms with van der Waals surface area (Å²) in [6, 6.07) is 11.3. The first kappa shape index (κ1) is 11.0. The molecule has 1 aliphatic heterocycles. The molecule has 1 aromatic carbocycles. The molecule has 0 spiro atoms. The van der Waals surface area contributed by atoms with E-state index < -0.39 is 0 Å². The van der Waals surface area contributed by atoms with Crippen LogP contribution < -0.4 is 0 Å². The number of aliphatic imine (C=N–C) groups is 1. The number of nitrogens with zero attached hydrogens (tertiary/aromatic N) is 2. The maximum Gasteiger partial charge on any atom is 0.0626 e. The van der Waals surface area contributed by atoms with E-state index >= 15 is 0 Å². The van der Waals surface area contributed by atoms with Crippen LogP contribution in [0.5, 0.6) is 0 Å². The lowest BCUT2D eigenvalue weighted by Gasteiger charge is -2.18. The van der Waals surface area contributed by atoms with Crippen molar-refractivity contribution in [3.8, 4) is 11.3 Å². The van der Waals surface area contributed by atoms with Crippen molar-refractivity contribution in [1.29, 1.82) is 0 Å². The molecule has 96 valence electrons. The van der Waals surface area contributed by atoms with Crippen LogP contribution in [0.1, 0.15) is 30.2 Å². The summed E-state index contributed by atoms with van der Waals surface area (Å²) in [6.07, 6.45) is 3.65. The smallest absolute Gasteiger partial charge is 0.0626 e. The Hall–Kier alpha value is -1.83. The third kappa shape index (κ3) is 1.59. The third-order valence-corrected chi connectivity index (χ3v) is 4.38. The van der Waals surface area contributed by atoms with Crippen molar-refractivity contribution in [2.24, 2.45) is 4.99 Å². The summed E-state index contributed by atoms with van der Waals surface area (Å²) in [6.45, 7) is 4.08. The maximum atomic E-state index is 4.59. The van der Waals surface area contributed by atoms with Gasteiger partial charge in [-0.2, -0.15) is 0 Å². The summed E-state index contributed by atoms with van der Waals surface area (Å²) in [4.78, 5) is 4.59.